The Labute approximate surface area is 167 Å². The van der Waals surface area contributed by atoms with Gasteiger partial charge in [-0.05, 0) is 31.0 Å². The monoisotopic (exact) mass is 399 g/mol. The lowest BCUT2D eigenvalue weighted by Gasteiger charge is -2.04. The molecule has 0 saturated heterocycles. The van der Waals surface area contributed by atoms with Crippen molar-refractivity contribution in [2.24, 2.45) is 0 Å². The molecule has 0 spiro atoms. The summed E-state index contributed by atoms with van der Waals surface area (Å²) < 4.78 is 6.22. The molecule has 2 aromatic carbocycles. The summed E-state index contributed by atoms with van der Waals surface area (Å²) in [6.07, 6.45) is 1.13. The van der Waals surface area contributed by atoms with E-state index in [-0.39, 0.29) is 5.97 Å². The number of aryl methyl sites for hydroxylation is 1. The minimum absolute atomic E-state index is 0.207. The van der Waals surface area contributed by atoms with Crippen molar-refractivity contribution in [1.29, 1.82) is 0 Å². The van der Waals surface area contributed by atoms with Crippen molar-refractivity contribution in [1.82, 2.24) is 10.2 Å². The van der Waals surface area contributed by atoms with Gasteiger partial charge in [0.15, 0.2) is 4.34 Å². The molecule has 7 heteroatoms. The van der Waals surface area contributed by atoms with Gasteiger partial charge in [-0.3, -0.25) is 4.79 Å². The molecule has 0 aliphatic carbocycles. The fraction of sp³-hybridized carbons (Fsp3) is 0.250. The zero-order chi connectivity index (χ0) is 18.9. The molecule has 1 N–H and O–H groups in total. The summed E-state index contributed by atoms with van der Waals surface area (Å²) in [5.74, 6) is 1.19. The zero-order valence-corrected chi connectivity index (χ0v) is 16.7. The fourth-order valence-corrected chi connectivity index (χ4v) is 4.04. The molecule has 0 aliphatic heterocycles. The normalized spacial score (nSPS) is 10.6. The fourth-order valence-electron chi connectivity index (χ4n) is 2.28. The van der Waals surface area contributed by atoms with E-state index in [1.807, 2.05) is 49.4 Å². The molecule has 0 unspecified atom stereocenters. The second kappa shape index (κ2) is 10.1. The summed E-state index contributed by atoms with van der Waals surface area (Å²) >= 11 is 3.14. The summed E-state index contributed by atoms with van der Waals surface area (Å²) in [4.78, 5) is 11.9. The third-order valence-electron chi connectivity index (χ3n) is 3.70. The average Bonchev–Trinajstić information content (AvgIpc) is 3.14. The maximum absolute atomic E-state index is 11.9. The Kier molecular flexibility index (Phi) is 7.24. The maximum Gasteiger partial charge on any atom is 0.311 e. The third kappa shape index (κ3) is 6.69. The number of carbonyl (C=O) groups is 1. The lowest BCUT2D eigenvalue weighted by atomic mass is 10.2. The second-order valence-corrected chi connectivity index (χ2v) is 8.27. The molecule has 3 aromatic rings. The maximum atomic E-state index is 11.9. The van der Waals surface area contributed by atoms with Gasteiger partial charge in [-0.1, -0.05) is 71.1 Å². The van der Waals surface area contributed by atoms with E-state index < -0.39 is 0 Å². The number of esters is 1. The van der Waals surface area contributed by atoms with Crippen molar-refractivity contribution < 1.29 is 9.53 Å². The molecule has 1 heterocycles. The summed E-state index contributed by atoms with van der Waals surface area (Å²) in [6.45, 7) is 2.73. The Morgan fingerprint density at radius 3 is 2.67 bits per heavy atom. The van der Waals surface area contributed by atoms with Crippen LogP contribution in [0.4, 0.5) is 5.13 Å². The highest BCUT2D eigenvalue weighted by Gasteiger charge is 2.07. The number of hydrogen-bond donors (Lipinski definition) is 1. The van der Waals surface area contributed by atoms with Crippen LogP contribution in [0.3, 0.4) is 0 Å². The topological polar surface area (TPSA) is 64.1 Å². The summed E-state index contributed by atoms with van der Waals surface area (Å²) in [6, 6.07) is 17.7. The van der Waals surface area contributed by atoms with Crippen LogP contribution in [0.5, 0.6) is 5.75 Å². The van der Waals surface area contributed by atoms with Crippen molar-refractivity contribution >= 4 is 34.2 Å². The Morgan fingerprint density at radius 2 is 1.89 bits per heavy atom. The largest absolute Gasteiger partial charge is 0.427 e. The predicted molar refractivity (Wildman–Crippen MR) is 110 cm³/mol. The molecule has 0 bridgehead atoms. The van der Waals surface area contributed by atoms with Gasteiger partial charge in [0.2, 0.25) is 5.13 Å². The first-order valence-corrected chi connectivity index (χ1v) is 10.5. The van der Waals surface area contributed by atoms with Crippen molar-refractivity contribution in [2.75, 3.05) is 11.1 Å². The summed E-state index contributed by atoms with van der Waals surface area (Å²) in [7, 11) is 0. The second-order valence-electron chi connectivity index (χ2n) is 5.95. The van der Waals surface area contributed by atoms with Crippen LogP contribution in [0.1, 0.15) is 24.0 Å². The molecule has 5 nitrogen and oxygen atoms in total. The van der Waals surface area contributed by atoms with Crippen LogP contribution in [0, 0.1) is 6.92 Å². The molecule has 0 amide bonds. The van der Waals surface area contributed by atoms with E-state index in [1.165, 1.54) is 16.9 Å². The number of aromatic nitrogens is 2. The van der Waals surface area contributed by atoms with Crippen LogP contribution >= 0.6 is 23.1 Å². The minimum atomic E-state index is -0.207. The van der Waals surface area contributed by atoms with E-state index in [4.69, 9.17) is 4.74 Å². The predicted octanol–water partition coefficient (Wildman–Crippen LogP) is 4.94. The molecular weight excluding hydrogens is 378 g/mol. The van der Waals surface area contributed by atoms with Crippen LogP contribution in [-0.4, -0.2) is 21.9 Å². The molecular formula is C20H21N3O2S2. The van der Waals surface area contributed by atoms with E-state index >= 15 is 0 Å². The van der Waals surface area contributed by atoms with Gasteiger partial charge in [0.25, 0.3) is 0 Å². The highest BCUT2D eigenvalue weighted by atomic mass is 32.2. The van der Waals surface area contributed by atoms with Gasteiger partial charge in [-0.2, -0.15) is 0 Å². The lowest BCUT2D eigenvalue weighted by Crippen LogP contribution is -2.07. The molecule has 27 heavy (non-hydrogen) atoms. The highest BCUT2D eigenvalue weighted by Crippen LogP contribution is 2.26. The molecule has 3 rings (SSSR count). The first kappa shape index (κ1) is 19.4. The van der Waals surface area contributed by atoms with Crippen LogP contribution in [0.25, 0.3) is 0 Å². The Balaban J connectivity index is 1.34. The van der Waals surface area contributed by atoms with Gasteiger partial charge in [0, 0.05) is 18.7 Å². The van der Waals surface area contributed by atoms with Crippen molar-refractivity contribution in [3.8, 4) is 5.75 Å². The smallest absolute Gasteiger partial charge is 0.311 e. The van der Waals surface area contributed by atoms with Crippen LogP contribution in [0.15, 0.2) is 58.9 Å². The zero-order valence-electron chi connectivity index (χ0n) is 15.1. The van der Waals surface area contributed by atoms with E-state index in [0.717, 1.165) is 33.8 Å². The summed E-state index contributed by atoms with van der Waals surface area (Å²) in [5, 5.41) is 12.4. The van der Waals surface area contributed by atoms with E-state index in [2.05, 4.69) is 27.6 Å². The molecule has 0 atom stereocenters. The number of ether oxygens (including phenoxy) is 1. The Bertz CT molecular complexity index is 851. The quantitative estimate of drug-likeness (QED) is 0.238. The Hall–Kier alpha value is -2.38. The Morgan fingerprint density at radius 1 is 1.11 bits per heavy atom. The van der Waals surface area contributed by atoms with Crippen LogP contribution < -0.4 is 10.1 Å². The van der Waals surface area contributed by atoms with Crippen molar-refractivity contribution in [3.05, 3.63) is 65.7 Å². The van der Waals surface area contributed by atoms with Gasteiger partial charge >= 0.3 is 5.97 Å². The molecule has 140 valence electrons. The minimum Gasteiger partial charge on any atom is -0.427 e. The third-order valence-corrected chi connectivity index (χ3v) is 5.80. The van der Waals surface area contributed by atoms with E-state index in [1.54, 1.807) is 11.8 Å². The first-order chi connectivity index (χ1) is 13.2. The van der Waals surface area contributed by atoms with Gasteiger partial charge < -0.3 is 10.1 Å². The number of nitrogens with one attached hydrogen (secondary N) is 1. The highest BCUT2D eigenvalue weighted by molar-refractivity contribution is 8.01. The molecule has 0 fully saturated rings. The number of nitrogens with zero attached hydrogens (tertiary/aromatic N) is 2. The molecule has 0 saturated carbocycles. The molecule has 1 aromatic heterocycles. The number of carbonyl (C=O) groups excluding carboxylic acids is 1. The van der Waals surface area contributed by atoms with Gasteiger partial charge in [-0.15, -0.1) is 10.2 Å². The number of thioether (sulfide) groups is 1. The molecule has 0 aliphatic rings. The number of anilines is 1. The number of hydrogen-bond acceptors (Lipinski definition) is 7. The van der Waals surface area contributed by atoms with Gasteiger partial charge in [0.05, 0.1) is 0 Å². The number of rotatable bonds is 9. The van der Waals surface area contributed by atoms with Crippen LogP contribution in [-0.2, 0) is 11.3 Å². The molecule has 0 radical (unpaired) electrons. The average molecular weight is 400 g/mol. The van der Waals surface area contributed by atoms with Crippen LogP contribution in [0.2, 0.25) is 0 Å². The van der Waals surface area contributed by atoms with Crippen molar-refractivity contribution in [3.63, 3.8) is 0 Å². The van der Waals surface area contributed by atoms with E-state index in [9.17, 15) is 4.79 Å². The lowest BCUT2D eigenvalue weighted by molar-refractivity contribution is -0.134. The summed E-state index contributed by atoms with van der Waals surface area (Å²) in [5.41, 5.74) is 2.34. The van der Waals surface area contributed by atoms with E-state index in [0.29, 0.717) is 12.2 Å². The van der Waals surface area contributed by atoms with Gasteiger partial charge in [-0.25, -0.2) is 0 Å². The standard InChI is InChI=1S/C20H21N3O2S2/c1-15-9-11-17(12-10-15)25-18(24)8-5-13-26-20-23-22-19(27-20)21-14-16-6-3-2-4-7-16/h2-4,6-7,9-12H,5,8,13-14H2,1H3,(H,21,22). The first-order valence-electron chi connectivity index (χ1n) is 8.70. The van der Waals surface area contributed by atoms with Crippen molar-refractivity contribution in [2.45, 2.75) is 30.6 Å². The van der Waals surface area contributed by atoms with Gasteiger partial charge in [0.1, 0.15) is 5.75 Å². The SMILES string of the molecule is Cc1ccc(OC(=O)CCCSc2nnc(NCc3ccccc3)s2)cc1. The number of benzene rings is 2.